The molecule has 0 bridgehead atoms. The van der Waals surface area contributed by atoms with E-state index in [2.05, 4.69) is 21.3 Å². The molecule has 1 aliphatic heterocycles. The van der Waals surface area contributed by atoms with E-state index in [-0.39, 0.29) is 5.91 Å². The van der Waals surface area contributed by atoms with E-state index in [0.29, 0.717) is 17.4 Å². The van der Waals surface area contributed by atoms with Gasteiger partial charge in [-0.3, -0.25) is 9.78 Å². The zero-order valence-electron chi connectivity index (χ0n) is 12.7. The Morgan fingerprint density at radius 1 is 1.36 bits per heavy atom. The number of halogens is 1. The quantitative estimate of drug-likeness (QED) is 0.945. The zero-order chi connectivity index (χ0) is 15.5. The van der Waals surface area contributed by atoms with Crippen LogP contribution in [0.25, 0.3) is 10.9 Å². The molecule has 1 aromatic carbocycles. The standard InChI is InChI=1S/C17H20ClN3O/c1-19-17(22)10-12-5-8-21(9-6-12)16-4-7-20-15-11-13(18)2-3-14(15)16/h2-4,7,11-12H,5-6,8-10H2,1H3,(H,19,22). The molecule has 4 nitrogen and oxygen atoms in total. The molecular weight excluding hydrogens is 298 g/mol. The second kappa shape index (κ2) is 6.53. The summed E-state index contributed by atoms with van der Waals surface area (Å²) in [5.41, 5.74) is 2.14. The number of carbonyl (C=O) groups excluding carboxylic acids is 1. The Morgan fingerprint density at radius 3 is 2.86 bits per heavy atom. The zero-order valence-corrected chi connectivity index (χ0v) is 13.4. The molecule has 2 aromatic rings. The van der Waals surface area contributed by atoms with Gasteiger partial charge in [0.05, 0.1) is 5.52 Å². The highest BCUT2D eigenvalue weighted by Gasteiger charge is 2.22. The smallest absolute Gasteiger partial charge is 0.220 e. The molecule has 1 saturated heterocycles. The third-order valence-electron chi connectivity index (χ3n) is 4.39. The number of rotatable bonds is 3. The summed E-state index contributed by atoms with van der Waals surface area (Å²) < 4.78 is 0. The van der Waals surface area contributed by atoms with Gasteiger partial charge in [-0.05, 0) is 43.0 Å². The van der Waals surface area contributed by atoms with Crippen molar-refractivity contribution in [3.05, 3.63) is 35.5 Å². The number of hydrogen-bond acceptors (Lipinski definition) is 3. The number of fused-ring (bicyclic) bond motifs is 1. The van der Waals surface area contributed by atoms with E-state index in [0.717, 1.165) is 36.8 Å². The topological polar surface area (TPSA) is 45.2 Å². The molecule has 1 amide bonds. The van der Waals surface area contributed by atoms with E-state index in [4.69, 9.17) is 11.6 Å². The average molecular weight is 318 g/mol. The van der Waals surface area contributed by atoms with Crippen LogP contribution in [0.15, 0.2) is 30.5 Å². The SMILES string of the molecule is CNC(=O)CC1CCN(c2ccnc3cc(Cl)ccc23)CC1. The predicted molar refractivity (Wildman–Crippen MR) is 90.4 cm³/mol. The van der Waals surface area contributed by atoms with Crippen LogP contribution >= 0.6 is 11.6 Å². The highest BCUT2D eigenvalue weighted by Crippen LogP contribution is 2.31. The number of pyridine rings is 1. The molecule has 0 atom stereocenters. The predicted octanol–water partition coefficient (Wildman–Crippen LogP) is 3.24. The van der Waals surface area contributed by atoms with E-state index < -0.39 is 0 Å². The lowest BCUT2D eigenvalue weighted by molar-refractivity contribution is -0.121. The van der Waals surface area contributed by atoms with Crippen molar-refractivity contribution in [1.82, 2.24) is 10.3 Å². The minimum absolute atomic E-state index is 0.141. The van der Waals surface area contributed by atoms with E-state index in [1.165, 1.54) is 5.69 Å². The molecule has 3 rings (SSSR count). The first kappa shape index (κ1) is 15.1. The Hall–Kier alpha value is -1.81. The van der Waals surface area contributed by atoms with Crippen molar-refractivity contribution in [2.24, 2.45) is 5.92 Å². The Bertz CT molecular complexity index is 681. The molecule has 0 radical (unpaired) electrons. The Kier molecular flexibility index (Phi) is 4.48. The Labute approximate surface area is 135 Å². The van der Waals surface area contributed by atoms with Crippen molar-refractivity contribution in [3.8, 4) is 0 Å². The van der Waals surface area contributed by atoms with Gasteiger partial charge in [0, 0.05) is 48.9 Å². The van der Waals surface area contributed by atoms with E-state index in [1.54, 1.807) is 7.05 Å². The molecule has 0 aliphatic carbocycles. The summed E-state index contributed by atoms with van der Waals surface area (Å²) in [6.07, 6.45) is 4.57. The normalized spacial score (nSPS) is 16.0. The van der Waals surface area contributed by atoms with E-state index >= 15 is 0 Å². The lowest BCUT2D eigenvalue weighted by atomic mass is 9.92. The van der Waals surface area contributed by atoms with Crippen LogP contribution in [0.1, 0.15) is 19.3 Å². The lowest BCUT2D eigenvalue weighted by Gasteiger charge is -2.34. The van der Waals surface area contributed by atoms with Crippen LogP contribution in [0, 0.1) is 5.92 Å². The number of benzene rings is 1. The molecule has 1 aliphatic rings. The van der Waals surface area contributed by atoms with Crippen molar-refractivity contribution in [2.75, 3.05) is 25.0 Å². The van der Waals surface area contributed by atoms with Crippen molar-refractivity contribution in [2.45, 2.75) is 19.3 Å². The van der Waals surface area contributed by atoms with Gasteiger partial charge in [-0.1, -0.05) is 11.6 Å². The number of piperidine rings is 1. The van der Waals surface area contributed by atoms with Gasteiger partial charge in [0.1, 0.15) is 0 Å². The third kappa shape index (κ3) is 3.17. The van der Waals surface area contributed by atoms with Crippen molar-refractivity contribution in [1.29, 1.82) is 0 Å². The van der Waals surface area contributed by atoms with Crippen LogP contribution in [0.5, 0.6) is 0 Å². The molecule has 0 saturated carbocycles. The van der Waals surface area contributed by atoms with E-state index in [1.807, 2.05) is 24.4 Å². The molecule has 0 spiro atoms. The minimum Gasteiger partial charge on any atom is -0.371 e. The number of nitrogens with zero attached hydrogens (tertiary/aromatic N) is 2. The number of hydrogen-bond donors (Lipinski definition) is 1. The third-order valence-corrected chi connectivity index (χ3v) is 4.62. The second-order valence-corrected chi connectivity index (χ2v) is 6.24. The summed E-state index contributed by atoms with van der Waals surface area (Å²) in [4.78, 5) is 18.3. The second-order valence-electron chi connectivity index (χ2n) is 5.80. The molecule has 2 heterocycles. The highest BCUT2D eigenvalue weighted by molar-refractivity contribution is 6.31. The van der Waals surface area contributed by atoms with Crippen LogP contribution in [-0.4, -0.2) is 31.0 Å². The number of aromatic nitrogens is 1. The largest absolute Gasteiger partial charge is 0.371 e. The molecule has 1 N–H and O–H groups in total. The van der Waals surface area contributed by atoms with Crippen molar-refractivity contribution < 1.29 is 4.79 Å². The van der Waals surface area contributed by atoms with Crippen molar-refractivity contribution in [3.63, 3.8) is 0 Å². The van der Waals surface area contributed by atoms with Gasteiger partial charge < -0.3 is 10.2 Å². The number of nitrogens with one attached hydrogen (secondary N) is 1. The van der Waals surface area contributed by atoms with Gasteiger partial charge in [0.25, 0.3) is 0 Å². The molecule has 5 heteroatoms. The summed E-state index contributed by atoms with van der Waals surface area (Å²) in [6.45, 7) is 1.95. The maximum absolute atomic E-state index is 11.5. The van der Waals surface area contributed by atoms with Crippen LogP contribution in [0.4, 0.5) is 5.69 Å². The molecule has 22 heavy (non-hydrogen) atoms. The first-order chi connectivity index (χ1) is 10.7. The van der Waals surface area contributed by atoms with Gasteiger partial charge in [0.15, 0.2) is 0 Å². The maximum atomic E-state index is 11.5. The molecule has 1 fully saturated rings. The summed E-state index contributed by atoms with van der Waals surface area (Å²) in [6, 6.07) is 7.91. The summed E-state index contributed by atoms with van der Waals surface area (Å²) in [5.74, 6) is 0.626. The van der Waals surface area contributed by atoms with Gasteiger partial charge in [0.2, 0.25) is 5.91 Å². The first-order valence-electron chi connectivity index (χ1n) is 7.67. The molecule has 116 valence electrons. The summed E-state index contributed by atoms with van der Waals surface area (Å²) in [7, 11) is 1.70. The van der Waals surface area contributed by atoms with Gasteiger partial charge >= 0.3 is 0 Å². The lowest BCUT2D eigenvalue weighted by Crippen LogP contribution is -2.35. The molecule has 0 unspecified atom stereocenters. The fraction of sp³-hybridized carbons (Fsp3) is 0.412. The molecular formula is C17H20ClN3O. The van der Waals surface area contributed by atoms with Crippen LogP contribution in [0.3, 0.4) is 0 Å². The number of anilines is 1. The average Bonchev–Trinajstić information content (AvgIpc) is 2.54. The fourth-order valence-corrected chi connectivity index (χ4v) is 3.29. The van der Waals surface area contributed by atoms with Gasteiger partial charge in [-0.15, -0.1) is 0 Å². The van der Waals surface area contributed by atoms with Gasteiger partial charge in [-0.2, -0.15) is 0 Å². The fourth-order valence-electron chi connectivity index (χ4n) is 3.12. The van der Waals surface area contributed by atoms with Crippen LogP contribution in [0.2, 0.25) is 5.02 Å². The number of amides is 1. The maximum Gasteiger partial charge on any atom is 0.220 e. The Morgan fingerprint density at radius 2 is 2.14 bits per heavy atom. The van der Waals surface area contributed by atoms with Crippen molar-refractivity contribution >= 4 is 34.1 Å². The Balaban J connectivity index is 1.75. The first-order valence-corrected chi connectivity index (χ1v) is 8.05. The number of carbonyl (C=O) groups is 1. The summed E-state index contributed by atoms with van der Waals surface area (Å²) in [5, 5.41) is 4.56. The van der Waals surface area contributed by atoms with Crippen LogP contribution in [-0.2, 0) is 4.79 Å². The van der Waals surface area contributed by atoms with Crippen LogP contribution < -0.4 is 10.2 Å². The summed E-state index contributed by atoms with van der Waals surface area (Å²) >= 11 is 6.05. The van der Waals surface area contributed by atoms with Gasteiger partial charge in [-0.25, -0.2) is 0 Å². The molecule has 1 aromatic heterocycles. The highest BCUT2D eigenvalue weighted by atomic mass is 35.5. The van der Waals surface area contributed by atoms with E-state index in [9.17, 15) is 4.79 Å². The monoisotopic (exact) mass is 317 g/mol. The minimum atomic E-state index is 0.141.